The maximum absolute atomic E-state index is 13.0. The van der Waals surface area contributed by atoms with E-state index in [9.17, 15) is 4.79 Å². The molecule has 0 aliphatic carbocycles. The van der Waals surface area contributed by atoms with E-state index in [0.29, 0.717) is 11.9 Å². The number of fused-ring (bicyclic) bond motifs is 1. The fourth-order valence-corrected chi connectivity index (χ4v) is 4.43. The minimum atomic E-state index is 0.0951. The zero-order valence-electron chi connectivity index (χ0n) is 14.3. The van der Waals surface area contributed by atoms with E-state index in [0.717, 1.165) is 51.5 Å². The lowest BCUT2D eigenvalue weighted by Gasteiger charge is -2.45. The van der Waals surface area contributed by atoms with Gasteiger partial charge >= 0.3 is 0 Å². The molecule has 3 aliphatic heterocycles. The zero-order valence-corrected chi connectivity index (χ0v) is 14.3. The summed E-state index contributed by atoms with van der Waals surface area (Å²) in [5, 5.41) is 0. The smallest absolute Gasteiger partial charge is 0.227 e. The van der Waals surface area contributed by atoms with Gasteiger partial charge in [-0.05, 0) is 38.3 Å². The minimum absolute atomic E-state index is 0.0951. The molecule has 0 radical (unpaired) electrons. The second-order valence-electron chi connectivity index (χ2n) is 7.30. The van der Waals surface area contributed by atoms with E-state index in [-0.39, 0.29) is 5.92 Å². The molecule has 4 heterocycles. The van der Waals surface area contributed by atoms with Crippen molar-refractivity contribution in [3.8, 4) is 0 Å². The van der Waals surface area contributed by atoms with Gasteiger partial charge in [0.25, 0.3) is 0 Å². The predicted molar refractivity (Wildman–Crippen MR) is 92.8 cm³/mol. The van der Waals surface area contributed by atoms with Crippen LogP contribution < -0.4 is 4.90 Å². The minimum Gasteiger partial charge on any atom is -0.340 e. The fraction of sp³-hybridized carbons (Fsp3) is 0.722. The largest absolute Gasteiger partial charge is 0.340 e. The molecule has 24 heavy (non-hydrogen) atoms. The summed E-state index contributed by atoms with van der Waals surface area (Å²) in [7, 11) is 0. The van der Waals surface area contributed by atoms with Crippen molar-refractivity contribution >= 4 is 11.9 Å². The number of hydrogen-bond acceptors (Lipinski definition) is 5. The van der Waals surface area contributed by atoms with E-state index in [1.54, 1.807) is 12.4 Å². The summed E-state index contributed by atoms with van der Waals surface area (Å²) in [6, 6.07) is 2.42. The van der Waals surface area contributed by atoms with Crippen LogP contribution in [0.25, 0.3) is 0 Å². The van der Waals surface area contributed by atoms with E-state index >= 15 is 0 Å². The number of piperazine rings is 1. The van der Waals surface area contributed by atoms with Crippen molar-refractivity contribution in [2.75, 3.05) is 44.2 Å². The number of amides is 1. The highest BCUT2D eigenvalue weighted by atomic mass is 16.2. The van der Waals surface area contributed by atoms with Crippen LogP contribution in [0.1, 0.15) is 32.1 Å². The van der Waals surface area contributed by atoms with Crippen LogP contribution in [0.2, 0.25) is 0 Å². The third-order valence-electron chi connectivity index (χ3n) is 5.75. The summed E-state index contributed by atoms with van der Waals surface area (Å²) in [5.41, 5.74) is 0. The molecule has 6 nitrogen and oxygen atoms in total. The van der Waals surface area contributed by atoms with Crippen LogP contribution in [0.4, 0.5) is 5.95 Å². The van der Waals surface area contributed by atoms with Gasteiger partial charge in [0, 0.05) is 51.2 Å². The van der Waals surface area contributed by atoms with Gasteiger partial charge in [-0.25, -0.2) is 9.97 Å². The molecule has 2 atom stereocenters. The number of aromatic nitrogens is 2. The Hall–Kier alpha value is -1.69. The van der Waals surface area contributed by atoms with Crippen LogP contribution in [-0.4, -0.2) is 71.0 Å². The summed E-state index contributed by atoms with van der Waals surface area (Å²) in [6.45, 7) is 5.80. The molecular weight excluding hydrogens is 302 g/mol. The second kappa shape index (κ2) is 7.05. The van der Waals surface area contributed by atoms with Gasteiger partial charge in [-0.1, -0.05) is 6.42 Å². The Bertz CT molecular complexity index is 566. The van der Waals surface area contributed by atoms with Gasteiger partial charge in [0.1, 0.15) is 0 Å². The highest BCUT2D eigenvalue weighted by Crippen LogP contribution is 2.25. The third kappa shape index (κ3) is 3.24. The quantitative estimate of drug-likeness (QED) is 0.821. The molecule has 6 heteroatoms. The molecule has 0 bridgehead atoms. The maximum Gasteiger partial charge on any atom is 0.227 e. The Kier molecular flexibility index (Phi) is 4.65. The summed E-state index contributed by atoms with van der Waals surface area (Å²) < 4.78 is 0. The van der Waals surface area contributed by atoms with E-state index in [1.165, 1.54) is 25.8 Å². The summed E-state index contributed by atoms with van der Waals surface area (Å²) in [5.74, 6) is 1.20. The molecule has 3 aliphatic rings. The first-order valence-corrected chi connectivity index (χ1v) is 9.36. The fourth-order valence-electron chi connectivity index (χ4n) is 4.43. The molecule has 1 aromatic heterocycles. The molecule has 0 unspecified atom stereocenters. The Balaban J connectivity index is 1.39. The standard InChI is InChI=1S/C18H27N5O/c24-17(22-12-11-21-9-2-1-6-16(21)14-22)15-5-3-10-23(13-15)18-19-7-4-8-20-18/h4,7-8,15-16H,1-3,5-6,9-14H2/t15-,16+/m0/s1. The van der Waals surface area contributed by atoms with Gasteiger partial charge in [0.05, 0.1) is 5.92 Å². The Morgan fingerprint density at radius 2 is 1.83 bits per heavy atom. The molecule has 130 valence electrons. The van der Waals surface area contributed by atoms with Gasteiger partial charge in [0.15, 0.2) is 0 Å². The second-order valence-corrected chi connectivity index (χ2v) is 7.30. The molecule has 0 spiro atoms. The SMILES string of the molecule is O=C([C@H]1CCCN(c2ncccn2)C1)N1CCN2CCCC[C@@H]2C1. The zero-order chi connectivity index (χ0) is 16.4. The highest BCUT2D eigenvalue weighted by Gasteiger charge is 2.35. The normalized spacial score (nSPS) is 28.5. The first kappa shape index (κ1) is 15.8. The van der Waals surface area contributed by atoms with Crippen LogP contribution in [-0.2, 0) is 4.79 Å². The molecule has 4 rings (SSSR count). The lowest BCUT2D eigenvalue weighted by molar-refractivity contribution is -0.139. The number of anilines is 1. The average molecular weight is 329 g/mol. The van der Waals surface area contributed by atoms with Crippen molar-refractivity contribution < 1.29 is 4.79 Å². The highest BCUT2D eigenvalue weighted by molar-refractivity contribution is 5.80. The Labute approximate surface area is 143 Å². The number of nitrogens with zero attached hydrogens (tertiary/aromatic N) is 5. The molecule has 0 aromatic carbocycles. The van der Waals surface area contributed by atoms with Gasteiger partial charge in [-0.2, -0.15) is 0 Å². The van der Waals surface area contributed by atoms with E-state index in [4.69, 9.17) is 0 Å². The van der Waals surface area contributed by atoms with Gasteiger partial charge < -0.3 is 9.80 Å². The monoisotopic (exact) mass is 329 g/mol. The molecule has 0 saturated carbocycles. The van der Waals surface area contributed by atoms with E-state index in [2.05, 4.69) is 24.7 Å². The number of carbonyl (C=O) groups excluding carboxylic acids is 1. The first-order chi connectivity index (χ1) is 11.8. The molecule has 3 fully saturated rings. The van der Waals surface area contributed by atoms with Crippen LogP contribution in [0, 0.1) is 5.92 Å². The van der Waals surface area contributed by atoms with Crippen molar-refractivity contribution in [3.05, 3.63) is 18.5 Å². The van der Waals surface area contributed by atoms with Crippen LogP contribution >= 0.6 is 0 Å². The van der Waals surface area contributed by atoms with Crippen molar-refractivity contribution in [1.82, 2.24) is 19.8 Å². The van der Waals surface area contributed by atoms with Crippen molar-refractivity contribution in [2.45, 2.75) is 38.1 Å². The summed E-state index contributed by atoms with van der Waals surface area (Å²) in [6.07, 6.45) is 9.46. The number of rotatable bonds is 2. The maximum atomic E-state index is 13.0. The molecule has 1 amide bonds. The molecule has 3 saturated heterocycles. The van der Waals surface area contributed by atoms with Crippen LogP contribution in [0.5, 0.6) is 0 Å². The molecule has 0 N–H and O–H groups in total. The van der Waals surface area contributed by atoms with Gasteiger partial charge in [-0.3, -0.25) is 9.69 Å². The summed E-state index contributed by atoms with van der Waals surface area (Å²) >= 11 is 0. The first-order valence-electron chi connectivity index (χ1n) is 9.36. The van der Waals surface area contributed by atoms with Gasteiger partial charge in [0.2, 0.25) is 11.9 Å². The molecular formula is C18H27N5O. The Morgan fingerprint density at radius 1 is 0.958 bits per heavy atom. The van der Waals surface area contributed by atoms with Crippen molar-refractivity contribution in [3.63, 3.8) is 0 Å². The average Bonchev–Trinajstić information content (AvgIpc) is 2.68. The number of hydrogen-bond donors (Lipinski definition) is 0. The van der Waals surface area contributed by atoms with Crippen molar-refractivity contribution in [2.24, 2.45) is 5.92 Å². The van der Waals surface area contributed by atoms with Gasteiger partial charge in [-0.15, -0.1) is 0 Å². The lowest BCUT2D eigenvalue weighted by Crippen LogP contribution is -2.58. The third-order valence-corrected chi connectivity index (χ3v) is 5.75. The van der Waals surface area contributed by atoms with E-state index in [1.807, 2.05) is 6.07 Å². The Morgan fingerprint density at radius 3 is 2.71 bits per heavy atom. The van der Waals surface area contributed by atoms with Crippen LogP contribution in [0.15, 0.2) is 18.5 Å². The summed E-state index contributed by atoms with van der Waals surface area (Å²) in [4.78, 5) is 28.6. The van der Waals surface area contributed by atoms with E-state index < -0.39 is 0 Å². The number of piperidine rings is 2. The lowest BCUT2D eigenvalue weighted by atomic mass is 9.94. The predicted octanol–water partition coefficient (Wildman–Crippen LogP) is 1.39. The van der Waals surface area contributed by atoms with Crippen molar-refractivity contribution in [1.29, 1.82) is 0 Å². The van der Waals surface area contributed by atoms with Crippen LogP contribution in [0.3, 0.4) is 0 Å². The molecule has 1 aromatic rings. The topological polar surface area (TPSA) is 52.6 Å². The number of carbonyl (C=O) groups is 1.